The highest BCUT2D eigenvalue weighted by Crippen LogP contribution is 2.55. The molecule has 0 N–H and O–H groups in total. The van der Waals surface area contributed by atoms with E-state index >= 15 is 0 Å². The first-order valence-corrected chi connectivity index (χ1v) is 7.18. The van der Waals surface area contributed by atoms with Crippen LogP contribution in [0.25, 0.3) is 0 Å². The van der Waals surface area contributed by atoms with Crippen molar-refractivity contribution >= 4 is 27.7 Å². The molecule has 0 aromatic carbocycles. The molecule has 1 unspecified atom stereocenters. The third kappa shape index (κ3) is 1.45. The predicted molar refractivity (Wildman–Crippen MR) is 60.1 cm³/mol. The van der Waals surface area contributed by atoms with Crippen LogP contribution in [0.15, 0.2) is 0 Å². The van der Waals surface area contributed by atoms with Gasteiger partial charge in [0, 0.05) is 5.33 Å². The average Bonchev–Trinajstić information content (AvgIpc) is 2.50. The Labute approximate surface area is 88.0 Å². The van der Waals surface area contributed by atoms with Crippen molar-refractivity contribution in [3.05, 3.63) is 0 Å². The van der Waals surface area contributed by atoms with Gasteiger partial charge in [0.2, 0.25) is 0 Å². The highest BCUT2D eigenvalue weighted by Gasteiger charge is 2.47. The van der Waals surface area contributed by atoms with Gasteiger partial charge in [-0.1, -0.05) is 22.9 Å². The highest BCUT2D eigenvalue weighted by atomic mass is 79.9. The molecule has 0 aromatic rings. The van der Waals surface area contributed by atoms with Crippen molar-refractivity contribution in [3.8, 4) is 0 Å². The minimum Gasteiger partial charge on any atom is -0.162 e. The van der Waals surface area contributed by atoms with Gasteiger partial charge in [0.15, 0.2) is 0 Å². The van der Waals surface area contributed by atoms with Crippen molar-refractivity contribution in [1.29, 1.82) is 0 Å². The lowest BCUT2D eigenvalue weighted by atomic mass is 9.57. The summed E-state index contributed by atoms with van der Waals surface area (Å²) in [7, 11) is 0. The maximum Gasteiger partial charge on any atom is 0.00911 e. The summed E-state index contributed by atoms with van der Waals surface area (Å²) < 4.78 is 0. The molecule has 1 saturated carbocycles. The first-order valence-electron chi connectivity index (χ1n) is 4.90. The smallest absolute Gasteiger partial charge is 0.00911 e. The molecule has 1 atom stereocenters. The molecule has 0 aromatic heterocycles. The van der Waals surface area contributed by atoms with Crippen LogP contribution in [0.4, 0.5) is 0 Å². The van der Waals surface area contributed by atoms with Gasteiger partial charge >= 0.3 is 0 Å². The monoisotopic (exact) mass is 248 g/mol. The lowest BCUT2D eigenvalue weighted by Crippen LogP contribution is -2.43. The molecule has 2 aliphatic rings. The van der Waals surface area contributed by atoms with Crippen LogP contribution in [-0.2, 0) is 0 Å². The minimum atomic E-state index is 0.711. The average molecular weight is 249 g/mol. The van der Waals surface area contributed by atoms with Crippen LogP contribution in [0.3, 0.4) is 0 Å². The topological polar surface area (TPSA) is 0 Å². The fourth-order valence-electron chi connectivity index (χ4n) is 2.90. The summed E-state index contributed by atoms with van der Waals surface area (Å²) >= 11 is 5.87. The summed E-state index contributed by atoms with van der Waals surface area (Å²) in [5.41, 5.74) is 0.711. The van der Waals surface area contributed by atoms with Crippen LogP contribution in [0.2, 0.25) is 0 Å². The Bertz CT molecular complexity index is 157. The molecule has 0 spiro atoms. The molecule has 1 saturated heterocycles. The van der Waals surface area contributed by atoms with Gasteiger partial charge < -0.3 is 0 Å². The van der Waals surface area contributed by atoms with Crippen LogP contribution in [0.5, 0.6) is 0 Å². The number of hydrogen-bond donors (Lipinski definition) is 0. The van der Waals surface area contributed by atoms with Crippen molar-refractivity contribution in [2.45, 2.75) is 26.2 Å². The van der Waals surface area contributed by atoms with Crippen LogP contribution >= 0.6 is 27.7 Å². The molecule has 12 heavy (non-hydrogen) atoms. The van der Waals surface area contributed by atoms with Gasteiger partial charge in [0.1, 0.15) is 0 Å². The summed E-state index contributed by atoms with van der Waals surface area (Å²) in [5, 5.41) is 1.25. The molecular formula is C10H17BrS. The number of alkyl halides is 1. The number of thioether (sulfide) groups is 1. The lowest BCUT2D eigenvalue weighted by Gasteiger charge is -2.49. The molecule has 0 nitrogen and oxygen atoms in total. The Morgan fingerprint density at radius 3 is 2.67 bits per heavy atom. The summed E-state index contributed by atoms with van der Waals surface area (Å²) in [6, 6.07) is 0. The van der Waals surface area contributed by atoms with E-state index in [1.807, 2.05) is 0 Å². The third-order valence-corrected chi connectivity index (χ3v) is 5.85. The zero-order chi connectivity index (χ0) is 8.60. The van der Waals surface area contributed by atoms with E-state index in [9.17, 15) is 0 Å². The van der Waals surface area contributed by atoms with Gasteiger partial charge in [0.05, 0.1) is 0 Å². The molecule has 1 heterocycles. The van der Waals surface area contributed by atoms with Crippen LogP contribution < -0.4 is 0 Å². The molecule has 2 fully saturated rings. The molecule has 0 bridgehead atoms. The van der Waals surface area contributed by atoms with Crippen molar-refractivity contribution in [2.75, 3.05) is 16.8 Å². The summed E-state index contributed by atoms with van der Waals surface area (Å²) in [5.74, 6) is 4.86. The fraction of sp³-hybridized carbons (Fsp3) is 1.00. The number of halogens is 1. The second-order valence-corrected chi connectivity index (χ2v) is 6.28. The van der Waals surface area contributed by atoms with E-state index in [1.54, 1.807) is 0 Å². The first kappa shape index (κ1) is 9.39. The van der Waals surface area contributed by atoms with E-state index in [4.69, 9.17) is 0 Å². The van der Waals surface area contributed by atoms with Crippen molar-refractivity contribution in [2.24, 2.45) is 17.3 Å². The lowest BCUT2D eigenvalue weighted by molar-refractivity contribution is 0.0373. The molecule has 0 amide bonds. The van der Waals surface area contributed by atoms with Crippen molar-refractivity contribution in [1.82, 2.24) is 0 Å². The summed E-state index contributed by atoms with van der Waals surface area (Å²) in [6.45, 7) is 2.39. The molecular weight excluding hydrogens is 232 g/mol. The quantitative estimate of drug-likeness (QED) is 0.674. The normalized spacial score (nSPS) is 47.5. The molecule has 1 aliphatic heterocycles. The Morgan fingerprint density at radius 1 is 1.50 bits per heavy atom. The number of rotatable bonds is 2. The fourth-order valence-corrected chi connectivity index (χ4v) is 5.24. The molecule has 70 valence electrons. The molecule has 2 rings (SSSR count). The van der Waals surface area contributed by atoms with Crippen molar-refractivity contribution in [3.63, 3.8) is 0 Å². The van der Waals surface area contributed by atoms with Crippen LogP contribution in [-0.4, -0.2) is 16.8 Å². The van der Waals surface area contributed by atoms with E-state index in [-0.39, 0.29) is 0 Å². The Kier molecular flexibility index (Phi) is 2.76. The van der Waals surface area contributed by atoms with Gasteiger partial charge in [0.25, 0.3) is 0 Å². The number of hydrogen-bond acceptors (Lipinski definition) is 1. The van der Waals surface area contributed by atoms with Crippen molar-refractivity contribution < 1.29 is 0 Å². The molecule has 1 aliphatic carbocycles. The maximum atomic E-state index is 3.71. The van der Waals surface area contributed by atoms with Gasteiger partial charge in [-0.2, -0.15) is 11.8 Å². The van der Waals surface area contributed by atoms with Crippen LogP contribution in [0, 0.1) is 17.3 Å². The van der Waals surface area contributed by atoms with E-state index < -0.39 is 0 Å². The summed E-state index contributed by atoms with van der Waals surface area (Å²) in [6.07, 6.45) is 4.43. The van der Waals surface area contributed by atoms with Gasteiger partial charge in [-0.05, 0) is 48.0 Å². The standard InChI is InChI=1S/C10H17BrS/c1-8-4-10(5-8,7-11)9-2-3-12-6-9/h8-9H,2-7H2,1H3. The SMILES string of the molecule is CC1CC(CBr)(C2CCSC2)C1. The van der Waals surface area contributed by atoms with E-state index in [2.05, 4.69) is 34.6 Å². The second kappa shape index (κ2) is 3.53. The van der Waals surface area contributed by atoms with E-state index in [0.29, 0.717) is 5.41 Å². The Morgan fingerprint density at radius 2 is 2.25 bits per heavy atom. The van der Waals surface area contributed by atoms with Gasteiger partial charge in [-0.25, -0.2) is 0 Å². The minimum absolute atomic E-state index is 0.711. The third-order valence-electron chi connectivity index (χ3n) is 3.57. The maximum absolute atomic E-state index is 3.71. The zero-order valence-electron chi connectivity index (χ0n) is 7.68. The predicted octanol–water partition coefficient (Wildman–Crippen LogP) is 3.55. The van der Waals surface area contributed by atoms with Gasteiger partial charge in [-0.3, -0.25) is 0 Å². The van der Waals surface area contributed by atoms with Gasteiger partial charge in [-0.15, -0.1) is 0 Å². The Hall–Kier alpha value is 0.830. The highest BCUT2D eigenvalue weighted by molar-refractivity contribution is 9.09. The second-order valence-electron chi connectivity index (χ2n) is 4.57. The van der Waals surface area contributed by atoms with E-state index in [1.165, 1.54) is 36.1 Å². The summed E-state index contributed by atoms with van der Waals surface area (Å²) in [4.78, 5) is 0. The Balaban J connectivity index is 1.98. The molecule has 2 heteroatoms. The largest absolute Gasteiger partial charge is 0.162 e. The first-order chi connectivity index (χ1) is 5.77. The zero-order valence-corrected chi connectivity index (χ0v) is 10.1. The van der Waals surface area contributed by atoms with Crippen LogP contribution in [0.1, 0.15) is 26.2 Å². The molecule has 0 radical (unpaired) electrons. The van der Waals surface area contributed by atoms with E-state index in [0.717, 1.165) is 11.8 Å².